The number of ether oxygens (including phenoxy) is 3. The molecule has 1 aliphatic carbocycles. The maximum atomic E-state index is 13.4. The van der Waals surface area contributed by atoms with Gasteiger partial charge >= 0.3 is 12.6 Å². The average Bonchev–Trinajstić information content (AvgIpc) is 3.44. The van der Waals surface area contributed by atoms with E-state index in [1.807, 2.05) is 22.7 Å². The smallest absolute Gasteiger partial charge is 0.387 e. The lowest BCUT2D eigenvalue weighted by Crippen LogP contribution is -2.27. The van der Waals surface area contributed by atoms with Crippen LogP contribution in [0.4, 0.5) is 8.78 Å². The summed E-state index contributed by atoms with van der Waals surface area (Å²) in [7, 11) is 0. The first-order chi connectivity index (χ1) is 19.7. The first-order valence-electron chi connectivity index (χ1n) is 13.3. The van der Waals surface area contributed by atoms with Gasteiger partial charge in [0.05, 0.1) is 11.4 Å². The van der Waals surface area contributed by atoms with Gasteiger partial charge in [-0.2, -0.15) is 8.78 Å². The summed E-state index contributed by atoms with van der Waals surface area (Å²) < 4.78 is 44.9. The van der Waals surface area contributed by atoms with Crippen LogP contribution in [0.5, 0.6) is 5.75 Å². The molecule has 0 aliphatic heterocycles. The number of hydrogen-bond donors (Lipinski definition) is 1. The van der Waals surface area contributed by atoms with Gasteiger partial charge < -0.3 is 23.7 Å². The average molecular weight is 601 g/mol. The Morgan fingerprint density at radius 2 is 1.83 bits per heavy atom. The fourth-order valence-electron chi connectivity index (χ4n) is 5.02. The Bertz CT molecular complexity index is 1610. The highest BCUT2D eigenvalue weighted by atomic mass is 35.5. The van der Waals surface area contributed by atoms with Crippen molar-refractivity contribution in [2.45, 2.75) is 70.9 Å². The van der Waals surface area contributed by atoms with Gasteiger partial charge in [0.15, 0.2) is 5.82 Å². The van der Waals surface area contributed by atoms with Gasteiger partial charge in [0.2, 0.25) is 0 Å². The Labute approximate surface area is 246 Å². The summed E-state index contributed by atoms with van der Waals surface area (Å²) in [4.78, 5) is 25.8. The number of esters is 1. The van der Waals surface area contributed by atoms with Crippen LogP contribution in [0.15, 0.2) is 48.9 Å². The van der Waals surface area contributed by atoms with Crippen molar-refractivity contribution in [2.75, 3.05) is 6.61 Å². The summed E-state index contributed by atoms with van der Waals surface area (Å²) in [6.07, 6.45) is 4.76. The lowest BCUT2D eigenvalue weighted by molar-refractivity contribution is -0.162. The summed E-state index contributed by atoms with van der Waals surface area (Å²) in [6.45, 7) is 5.15. The summed E-state index contributed by atoms with van der Waals surface area (Å²) in [5, 5.41) is 10.6. The number of rotatable bonds is 8. The van der Waals surface area contributed by atoms with E-state index < -0.39 is 35.8 Å². The minimum absolute atomic E-state index is 0.0140. The number of alkyl halides is 2. The summed E-state index contributed by atoms with van der Waals surface area (Å²) >= 11 is 6.31. The second-order valence-corrected chi connectivity index (χ2v) is 12.1. The molecule has 12 heteroatoms. The Kier molecular flexibility index (Phi) is 7.95. The third-order valence-corrected chi connectivity index (χ3v) is 6.92. The molecule has 0 radical (unpaired) electrons. The maximum Gasteiger partial charge on any atom is 0.387 e. The molecule has 5 rings (SSSR count). The molecule has 2 atom stereocenters. The molecule has 4 aromatic rings. The van der Waals surface area contributed by atoms with E-state index in [2.05, 4.69) is 9.97 Å². The van der Waals surface area contributed by atoms with Gasteiger partial charge in [0.1, 0.15) is 35.3 Å². The van der Waals surface area contributed by atoms with Crippen LogP contribution in [0, 0.1) is 0 Å². The van der Waals surface area contributed by atoms with Gasteiger partial charge in [-0.1, -0.05) is 11.6 Å². The van der Waals surface area contributed by atoms with Crippen LogP contribution in [0.2, 0.25) is 5.02 Å². The number of carbonyl (C=O) groups excluding carboxylic acids is 1. The third kappa shape index (κ3) is 6.38. The number of imidazole rings is 1. The van der Waals surface area contributed by atoms with Crippen molar-refractivity contribution in [3.63, 3.8) is 0 Å². The van der Waals surface area contributed by atoms with Crippen LogP contribution in [0.3, 0.4) is 0 Å². The van der Waals surface area contributed by atoms with E-state index in [1.54, 1.807) is 53.1 Å². The minimum atomic E-state index is -3.04. The molecule has 0 saturated carbocycles. The predicted octanol–water partition coefficient (Wildman–Crippen LogP) is 6.21. The molecule has 0 spiro atoms. The highest BCUT2D eigenvalue weighted by Crippen LogP contribution is 2.49. The molecule has 42 heavy (non-hydrogen) atoms. The van der Waals surface area contributed by atoms with Gasteiger partial charge in [-0.3, -0.25) is 0 Å². The summed E-state index contributed by atoms with van der Waals surface area (Å²) in [5.41, 5.74) is 1.88. The lowest BCUT2D eigenvalue weighted by atomic mass is 9.95. The number of benzene rings is 1. The fourth-order valence-corrected chi connectivity index (χ4v) is 5.20. The number of halogens is 3. The quantitative estimate of drug-likeness (QED) is 0.238. The number of nitrogens with zero attached hydrogens (tertiary/aromatic N) is 4. The fraction of sp³-hybridized carbons (Fsp3) is 0.400. The molecule has 2 unspecified atom stereocenters. The number of aromatic nitrogens is 4. The first-order valence-corrected chi connectivity index (χ1v) is 13.7. The van der Waals surface area contributed by atoms with Crippen LogP contribution in [-0.2, 0) is 19.9 Å². The molecule has 0 fully saturated rings. The predicted molar refractivity (Wildman–Crippen MR) is 151 cm³/mol. The van der Waals surface area contributed by atoms with Crippen molar-refractivity contribution in [1.29, 1.82) is 0 Å². The monoisotopic (exact) mass is 600 g/mol. The topological polar surface area (TPSA) is 108 Å². The molecule has 0 amide bonds. The molecule has 3 aromatic heterocycles. The first kappa shape index (κ1) is 29.8. The Morgan fingerprint density at radius 1 is 1.12 bits per heavy atom. The van der Waals surface area contributed by atoms with Crippen molar-refractivity contribution in [2.24, 2.45) is 0 Å². The summed E-state index contributed by atoms with van der Waals surface area (Å²) in [6, 6.07) is 8.16. The van der Waals surface area contributed by atoms with Crippen LogP contribution in [0.1, 0.15) is 75.8 Å². The largest absolute Gasteiger partial charge is 0.458 e. The number of carbonyl (C=O) groups is 1. The zero-order valence-electron chi connectivity index (χ0n) is 23.8. The Balaban J connectivity index is 1.58. The van der Waals surface area contributed by atoms with Gasteiger partial charge in [-0.05, 0) is 71.4 Å². The van der Waals surface area contributed by atoms with E-state index in [4.69, 9.17) is 30.8 Å². The molecule has 9 nitrogen and oxygen atoms in total. The zero-order chi connectivity index (χ0) is 30.4. The van der Waals surface area contributed by atoms with Crippen molar-refractivity contribution >= 4 is 23.2 Å². The van der Waals surface area contributed by atoms with Crippen molar-refractivity contribution in [3.05, 3.63) is 76.7 Å². The SMILES string of the molecule is CC(C)(C)OC(=O)COC1CC(c2cc(Cl)ccc2OC(F)F)c2c1nc1ccc(-c3cnc(C(C)(C)O)nc3)cn21. The number of fused-ring (bicyclic) bond motifs is 3. The highest BCUT2D eigenvalue weighted by Gasteiger charge is 2.39. The summed E-state index contributed by atoms with van der Waals surface area (Å²) in [5.74, 6) is -0.763. The van der Waals surface area contributed by atoms with Crippen molar-refractivity contribution < 1.29 is 32.9 Å². The number of pyridine rings is 1. The molecule has 1 aromatic carbocycles. The van der Waals surface area contributed by atoms with Crippen LogP contribution < -0.4 is 4.74 Å². The minimum Gasteiger partial charge on any atom is -0.458 e. The van der Waals surface area contributed by atoms with Crippen LogP contribution in [0.25, 0.3) is 16.8 Å². The number of aliphatic hydroxyl groups is 1. The van der Waals surface area contributed by atoms with Crippen LogP contribution >= 0.6 is 11.6 Å². The molecule has 0 bridgehead atoms. The molecule has 1 N–H and O–H groups in total. The van der Waals surface area contributed by atoms with E-state index in [0.29, 0.717) is 39.6 Å². The van der Waals surface area contributed by atoms with E-state index in [1.165, 1.54) is 12.1 Å². The van der Waals surface area contributed by atoms with Crippen LogP contribution in [-0.4, -0.2) is 49.2 Å². The normalized spacial score (nSPS) is 17.1. The van der Waals surface area contributed by atoms with E-state index in [9.17, 15) is 18.7 Å². The van der Waals surface area contributed by atoms with E-state index >= 15 is 0 Å². The zero-order valence-corrected chi connectivity index (χ0v) is 24.5. The van der Waals surface area contributed by atoms with Gasteiger partial charge in [-0.25, -0.2) is 19.7 Å². The second kappa shape index (κ2) is 11.2. The molecule has 0 saturated heterocycles. The molecule has 222 valence electrons. The lowest BCUT2D eigenvalue weighted by Gasteiger charge is -2.21. The molecular weight excluding hydrogens is 570 g/mol. The number of hydrogen-bond acceptors (Lipinski definition) is 8. The standard InChI is InChI=1S/C30H31ClF2N4O5/c1-29(2,3)42-24(38)15-40-22-11-20(19-10-18(31)7-8-21(19)41-28(32)33)26-25(22)36-23-9-6-16(14-37(23)26)17-12-34-27(35-13-17)30(4,5)39/h6-10,12-14,20,22,28,39H,11,15H2,1-5H3. The Morgan fingerprint density at radius 3 is 2.48 bits per heavy atom. The molecule has 3 heterocycles. The van der Waals surface area contributed by atoms with Crippen molar-refractivity contribution in [1.82, 2.24) is 19.4 Å². The Hall–Kier alpha value is -3.67. The third-order valence-electron chi connectivity index (χ3n) is 6.69. The van der Waals surface area contributed by atoms with E-state index in [0.717, 1.165) is 5.56 Å². The molecule has 1 aliphatic rings. The van der Waals surface area contributed by atoms with Gasteiger partial charge in [-0.15, -0.1) is 0 Å². The van der Waals surface area contributed by atoms with Gasteiger partial charge in [0.25, 0.3) is 0 Å². The highest BCUT2D eigenvalue weighted by molar-refractivity contribution is 6.30. The molecular formula is C30H31ClF2N4O5. The van der Waals surface area contributed by atoms with E-state index in [-0.39, 0.29) is 18.2 Å². The van der Waals surface area contributed by atoms with Crippen molar-refractivity contribution in [3.8, 4) is 16.9 Å². The second-order valence-electron chi connectivity index (χ2n) is 11.6. The maximum absolute atomic E-state index is 13.4. The van der Waals surface area contributed by atoms with Gasteiger partial charge in [0, 0.05) is 46.2 Å².